The Morgan fingerprint density at radius 2 is 0.814 bits per heavy atom. The second-order valence-corrected chi connectivity index (χ2v) is 22.2. The third-order valence-corrected chi connectivity index (χ3v) is 17.1. The minimum Gasteiger partial charge on any atom is -0.455 e. The van der Waals surface area contributed by atoms with Crippen molar-refractivity contribution in [2.75, 3.05) is 9.80 Å². The molecule has 5 nitrogen and oxygen atoms in total. The van der Waals surface area contributed by atoms with Gasteiger partial charge < -0.3 is 23.1 Å². The van der Waals surface area contributed by atoms with Gasteiger partial charge in [0.2, 0.25) is 0 Å². The van der Waals surface area contributed by atoms with Gasteiger partial charge in [0.25, 0.3) is 0 Å². The Kier molecular flexibility index (Phi) is 12.5. The van der Waals surface area contributed by atoms with Crippen LogP contribution in [-0.4, -0.2) is 6.04 Å². The summed E-state index contributed by atoms with van der Waals surface area (Å²) in [5, 5.41) is 10.8. The molecule has 1 atom stereocenters. The predicted octanol–water partition coefficient (Wildman–Crippen LogP) is 23.0. The van der Waals surface area contributed by atoms with Crippen molar-refractivity contribution in [2.45, 2.75) is 19.4 Å². The molecule has 0 amide bonds. The molecular formula is C81H56N2O3. The Balaban J connectivity index is 0.871. The monoisotopic (exact) mass is 1100 g/mol. The van der Waals surface area contributed by atoms with Gasteiger partial charge in [0, 0.05) is 72.2 Å². The van der Waals surface area contributed by atoms with Crippen molar-refractivity contribution in [1.29, 1.82) is 0 Å². The number of para-hydroxylation sites is 5. The maximum atomic E-state index is 7.33. The number of hydrogen-bond donors (Lipinski definition) is 0. The minimum absolute atomic E-state index is 0.0906. The van der Waals surface area contributed by atoms with Crippen molar-refractivity contribution in [3.8, 4) is 33.4 Å². The van der Waals surface area contributed by atoms with Crippen molar-refractivity contribution in [3.05, 3.63) is 309 Å². The first-order chi connectivity index (χ1) is 42.6. The largest absolute Gasteiger partial charge is 0.455 e. The zero-order chi connectivity index (χ0) is 57.1. The van der Waals surface area contributed by atoms with Crippen LogP contribution in [0, 0.1) is 0 Å². The number of hydrogen-bond acceptors (Lipinski definition) is 5. The highest BCUT2D eigenvalue weighted by atomic mass is 16.3. The summed E-state index contributed by atoms with van der Waals surface area (Å²) < 4.78 is 21.6. The van der Waals surface area contributed by atoms with Crippen LogP contribution >= 0.6 is 0 Å². The maximum Gasteiger partial charge on any atom is 0.159 e. The first-order valence-electron chi connectivity index (χ1n) is 29.5. The highest BCUT2D eigenvalue weighted by molar-refractivity contribution is 6.31. The number of rotatable bonds is 13. The summed E-state index contributed by atoms with van der Waals surface area (Å²) >= 11 is 0. The molecule has 408 valence electrons. The lowest BCUT2D eigenvalue weighted by molar-refractivity contribution is 0.667. The molecule has 0 bridgehead atoms. The van der Waals surface area contributed by atoms with Crippen LogP contribution < -0.4 is 9.80 Å². The third-order valence-electron chi connectivity index (χ3n) is 17.1. The molecule has 0 fully saturated rings. The van der Waals surface area contributed by atoms with Crippen molar-refractivity contribution in [3.63, 3.8) is 0 Å². The van der Waals surface area contributed by atoms with Gasteiger partial charge >= 0.3 is 0 Å². The van der Waals surface area contributed by atoms with Crippen LogP contribution in [-0.2, 0) is 6.42 Å². The smallest absolute Gasteiger partial charge is 0.159 e. The molecule has 13 aromatic carbocycles. The maximum absolute atomic E-state index is 7.33. The number of nitrogens with zero attached hydrogens (tertiary/aromatic N) is 2. The Bertz CT molecular complexity index is 5290. The highest BCUT2D eigenvalue weighted by Gasteiger charge is 2.27. The van der Waals surface area contributed by atoms with Gasteiger partial charge in [-0.25, -0.2) is 0 Å². The van der Waals surface area contributed by atoms with Gasteiger partial charge in [-0.2, -0.15) is 0 Å². The molecule has 0 saturated carbocycles. The molecule has 0 aliphatic heterocycles. The Morgan fingerprint density at radius 3 is 1.48 bits per heavy atom. The topological polar surface area (TPSA) is 45.9 Å². The summed E-state index contributed by atoms with van der Waals surface area (Å²) in [6, 6.07) is 99.1. The molecule has 0 radical (unpaired) electrons. The summed E-state index contributed by atoms with van der Waals surface area (Å²) in [5.74, 6) is 0. The lowest BCUT2D eigenvalue weighted by atomic mass is 9.96. The first kappa shape index (κ1) is 50.6. The fourth-order valence-electron chi connectivity index (χ4n) is 13.1. The standard InChI is InChI=1S/C81H56N2O3/c1-53(25-7-2-8-26-54-27-9-3-10-28-54)82(73-45-23-42-67-65-40-21-38-61(77(65)85-79(67)73)56-31-13-5-14-32-56)58-47-49-69-71(51-58)63-36-17-18-37-64(63)76-70-50-48-59(52-75(70)84-81(69)76)83(72-44-20-19-35-60(72)55-29-11-4-12-30-55)74-46-24-43-68-66-41-22-39-62(78(66)86-80(68)74)57-33-15-6-16-34-57/h2-25,27-53H,26H2,1H3/b8-2-,25-7-. The van der Waals surface area contributed by atoms with Crippen LogP contribution in [0.3, 0.4) is 0 Å². The van der Waals surface area contributed by atoms with Crippen molar-refractivity contribution in [2.24, 2.45) is 0 Å². The SMILES string of the molecule is CC(/C=C\C=C/Cc1ccccc1)N(c1ccc2c(c1)c1ccccc1c1c3ccc(N(c4ccccc4-c4ccccc4)c4cccc5c4oc4c(-c6ccccc6)cccc45)cc3oc21)c1cccc2c1oc1c(-c3ccccc3)cccc12. The normalized spacial score (nSPS) is 12.4. The number of allylic oxidation sites excluding steroid dienone is 3. The Hall–Kier alpha value is -11.1. The van der Waals surface area contributed by atoms with Crippen LogP contribution in [0.4, 0.5) is 28.4 Å². The summed E-state index contributed by atoms with van der Waals surface area (Å²) in [5.41, 5.74) is 17.7. The number of furan rings is 3. The molecule has 5 heteroatoms. The van der Waals surface area contributed by atoms with Gasteiger partial charge in [0.15, 0.2) is 11.2 Å². The van der Waals surface area contributed by atoms with E-state index in [1.54, 1.807) is 0 Å². The molecule has 0 saturated heterocycles. The van der Waals surface area contributed by atoms with Gasteiger partial charge in [-0.15, -0.1) is 0 Å². The van der Waals surface area contributed by atoms with Crippen LogP contribution in [0.25, 0.3) is 121 Å². The van der Waals surface area contributed by atoms with Crippen molar-refractivity contribution in [1.82, 2.24) is 0 Å². The molecule has 86 heavy (non-hydrogen) atoms. The minimum atomic E-state index is -0.0906. The van der Waals surface area contributed by atoms with Crippen LogP contribution in [0.1, 0.15) is 12.5 Å². The van der Waals surface area contributed by atoms with E-state index in [4.69, 9.17) is 13.3 Å². The lowest BCUT2D eigenvalue weighted by Gasteiger charge is -2.30. The quantitative estimate of drug-likeness (QED) is 0.0850. The van der Waals surface area contributed by atoms with E-state index in [1.165, 1.54) is 5.56 Å². The molecule has 0 aliphatic rings. The fourth-order valence-corrected chi connectivity index (χ4v) is 13.1. The molecule has 3 heterocycles. The Morgan fingerprint density at radius 1 is 0.337 bits per heavy atom. The molecular weight excluding hydrogens is 1050 g/mol. The van der Waals surface area contributed by atoms with E-state index in [2.05, 4.69) is 320 Å². The molecule has 0 aliphatic carbocycles. The highest BCUT2D eigenvalue weighted by Crippen LogP contribution is 2.50. The van der Waals surface area contributed by atoms with Crippen molar-refractivity contribution < 1.29 is 13.3 Å². The number of benzene rings is 13. The predicted molar refractivity (Wildman–Crippen MR) is 361 cm³/mol. The summed E-state index contributed by atoms with van der Waals surface area (Å²) in [7, 11) is 0. The molecule has 16 aromatic rings. The molecule has 0 spiro atoms. The summed E-state index contributed by atoms with van der Waals surface area (Å²) in [6.07, 6.45) is 9.70. The number of anilines is 5. The van der Waals surface area contributed by atoms with E-state index in [1.807, 2.05) is 0 Å². The van der Waals surface area contributed by atoms with Crippen LogP contribution in [0.15, 0.2) is 317 Å². The summed E-state index contributed by atoms with van der Waals surface area (Å²) in [6.45, 7) is 2.26. The number of fused-ring (bicyclic) bond motifs is 14. The second kappa shape index (κ2) is 21.2. The first-order valence-corrected chi connectivity index (χ1v) is 29.5. The van der Waals surface area contributed by atoms with Gasteiger partial charge in [-0.05, 0) is 100 Å². The molecule has 0 N–H and O–H groups in total. The average Bonchev–Trinajstić information content (AvgIpc) is 1.75. The lowest BCUT2D eigenvalue weighted by Crippen LogP contribution is -2.26. The second-order valence-electron chi connectivity index (χ2n) is 22.2. The van der Waals surface area contributed by atoms with E-state index in [0.29, 0.717) is 0 Å². The van der Waals surface area contributed by atoms with Gasteiger partial charge in [0.05, 0.1) is 22.7 Å². The average molecular weight is 1110 g/mol. The van der Waals surface area contributed by atoms with E-state index in [0.717, 1.165) is 156 Å². The zero-order valence-electron chi connectivity index (χ0n) is 47.3. The van der Waals surface area contributed by atoms with Gasteiger partial charge in [-0.3, -0.25) is 0 Å². The van der Waals surface area contributed by atoms with Crippen molar-refractivity contribution >= 4 is 116 Å². The van der Waals surface area contributed by atoms with E-state index < -0.39 is 0 Å². The zero-order valence-corrected chi connectivity index (χ0v) is 47.3. The van der Waals surface area contributed by atoms with E-state index in [9.17, 15) is 0 Å². The Labute approximate surface area is 497 Å². The van der Waals surface area contributed by atoms with Crippen LogP contribution in [0.5, 0.6) is 0 Å². The molecule has 3 aromatic heterocycles. The summed E-state index contributed by atoms with van der Waals surface area (Å²) in [4.78, 5) is 4.77. The molecule has 16 rings (SSSR count). The van der Waals surface area contributed by atoms with Gasteiger partial charge in [-0.1, -0.05) is 249 Å². The van der Waals surface area contributed by atoms with E-state index in [-0.39, 0.29) is 6.04 Å². The van der Waals surface area contributed by atoms with E-state index >= 15 is 0 Å². The van der Waals surface area contributed by atoms with Gasteiger partial charge in [0.1, 0.15) is 22.3 Å². The molecule has 1 unspecified atom stereocenters. The van der Waals surface area contributed by atoms with Crippen LogP contribution in [0.2, 0.25) is 0 Å². The third kappa shape index (κ3) is 8.62. The fraction of sp³-hybridized carbons (Fsp3) is 0.0370.